The summed E-state index contributed by atoms with van der Waals surface area (Å²) < 4.78 is 33.7. The smallest absolute Gasteiger partial charge is 0.312 e. The van der Waals surface area contributed by atoms with Gasteiger partial charge < -0.3 is 19.9 Å². The molecule has 1 saturated heterocycles. The Hall–Kier alpha value is -3.26. The Morgan fingerprint density at radius 3 is 1.65 bits per heavy atom. The van der Waals surface area contributed by atoms with E-state index in [4.69, 9.17) is 26.4 Å². The van der Waals surface area contributed by atoms with Crippen molar-refractivity contribution in [2.24, 2.45) is 0 Å². The van der Waals surface area contributed by atoms with E-state index >= 15 is 0 Å². The van der Waals surface area contributed by atoms with E-state index in [0.29, 0.717) is 6.42 Å². The van der Waals surface area contributed by atoms with Gasteiger partial charge in [0.25, 0.3) is 0 Å². The molecule has 0 saturated carbocycles. The molecule has 3 rings (SSSR count). The third-order valence-electron chi connectivity index (χ3n) is 11.4. The molecular formula is C46H76FN5O5. The first-order chi connectivity index (χ1) is 27.8. The number of ether oxygens (including phenoxy) is 3. The van der Waals surface area contributed by atoms with Crippen LogP contribution in [0.4, 0.5) is 10.2 Å². The maximum atomic E-state index is 14.2. The number of nitrogen functional groups attached to an aromatic ring is 1. The molecule has 2 aromatic rings. The number of carbonyl (C=O) groups is 2. The number of hydrogen-bond donors (Lipinski definition) is 1. The van der Waals surface area contributed by atoms with E-state index in [0.717, 1.165) is 32.1 Å². The van der Waals surface area contributed by atoms with Crippen LogP contribution in [0.25, 0.3) is 11.2 Å². The minimum atomic E-state index is -1.55. The van der Waals surface area contributed by atoms with E-state index in [2.05, 4.69) is 34.7 Å². The van der Waals surface area contributed by atoms with Gasteiger partial charge in [-0.3, -0.25) is 14.2 Å². The number of rotatable bonds is 34. The average Bonchev–Trinajstić information content (AvgIpc) is 3.79. The molecule has 1 fully saturated rings. The molecule has 3 atom stereocenters. The van der Waals surface area contributed by atoms with E-state index in [1.807, 2.05) is 0 Å². The SMILES string of the molecule is C#C[C@]1(COC(=O)CCCCCCCCCCCCCCCC)O[C@@H](n2cnc3c(N)nc(F)nc32)C[C@@H]1OC(=O)CCCCCCCCCCCCCCCC. The lowest BCUT2D eigenvalue weighted by Gasteiger charge is -2.28. The molecule has 57 heavy (non-hydrogen) atoms. The van der Waals surface area contributed by atoms with Gasteiger partial charge in [-0.15, -0.1) is 6.42 Å². The highest BCUT2D eigenvalue weighted by Gasteiger charge is 2.52. The molecule has 0 bridgehead atoms. The van der Waals surface area contributed by atoms with Crippen LogP contribution in [0.3, 0.4) is 0 Å². The molecule has 11 heteroatoms. The Labute approximate surface area is 343 Å². The second kappa shape index (κ2) is 29.0. The van der Waals surface area contributed by atoms with Crippen molar-refractivity contribution in [3.63, 3.8) is 0 Å². The van der Waals surface area contributed by atoms with Gasteiger partial charge in [0.2, 0.25) is 5.60 Å². The van der Waals surface area contributed by atoms with E-state index in [9.17, 15) is 14.0 Å². The Bertz CT molecular complexity index is 1450. The average molecular weight is 798 g/mol. The summed E-state index contributed by atoms with van der Waals surface area (Å²) >= 11 is 0. The molecule has 2 N–H and O–H groups in total. The number of esters is 2. The number of terminal acetylenes is 1. The number of nitrogens with zero attached hydrogens (tertiary/aromatic N) is 4. The first-order valence-corrected chi connectivity index (χ1v) is 23.0. The highest BCUT2D eigenvalue weighted by Crippen LogP contribution is 2.40. The molecule has 0 spiro atoms. The number of hydrogen-bond acceptors (Lipinski definition) is 9. The van der Waals surface area contributed by atoms with E-state index in [-0.39, 0.29) is 54.8 Å². The predicted octanol–water partition coefficient (Wildman–Crippen LogP) is 12.0. The van der Waals surface area contributed by atoms with Crippen LogP contribution in [-0.4, -0.2) is 49.8 Å². The van der Waals surface area contributed by atoms with Gasteiger partial charge in [-0.05, 0) is 12.8 Å². The fourth-order valence-electron chi connectivity index (χ4n) is 7.88. The van der Waals surface area contributed by atoms with Gasteiger partial charge in [0.1, 0.15) is 18.9 Å². The van der Waals surface area contributed by atoms with Gasteiger partial charge in [0.15, 0.2) is 17.0 Å². The predicted molar refractivity (Wildman–Crippen MR) is 227 cm³/mol. The molecule has 0 radical (unpaired) electrons. The fraction of sp³-hybridized carbons (Fsp3) is 0.804. The van der Waals surface area contributed by atoms with Crippen LogP contribution in [0, 0.1) is 18.4 Å². The molecule has 322 valence electrons. The van der Waals surface area contributed by atoms with Crippen molar-refractivity contribution in [2.45, 2.75) is 231 Å². The summed E-state index contributed by atoms with van der Waals surface area (Å²) in [6.45, 7) is 4.22. The van der Waals surface area contributed by atoms with Crippen LogP contribution in [0.2, 0.25) is 0 Å². The molecule has 0 aromatic carbocycles. The molecule has 10 nitrogen and oxygen atoms in total. The first kappa shape index (κ1) is 48.1. The largest absolute Gasteiger partial charge is 0.461 e. The van der Waals surface area contributed by atoms with Crippen molar-refractivity contribution in [3.8, 4) is 12.3 Å². The van der Waals surface area contributed by atoms with Crippen molar-refractivity contribution in [1.29, 1.82) is 0 Å². The first-order valence-electron chi connectivity index (χ1n) is 23.0. The summed E-state index contributed by atoms with van der Waals surface area (Å²) in [6.07, 6.45) is 39.8. The third-order valence-corrected chi connectivity index (χ3v) is 11.4. The number of aromatic nitrogens is 4. The van der Waals surface area contributed by atoms with Crippen LogP contribution in [-0.2, 0) is 23.8 Å². The van der Waals surface area contributed by atoms with Crippen molar-refractivity contribution in [1.82, 2.24) is 19.5 Å². The molecular weight excluding hydrogens is 722 g/mol. The maximum Gasteiger partial charge on any atom is 0.312 e. The minimum Gasteiger partial charge on any atom is -0.461 e. The lowest BCUT2D eigenvalue weighted by atomic mass is 9.98. The number of fused-ring (bicyclic) bond motifs is 1. The Kier molecular flexibility index (Phi) is 24.5. The van der Waals surface area contributed by atoms with Gasteiger partial charge >= 0.3 is 18.0 Å². The number of carbonyl (C=O) groups excluding carboxylic acids is 2. The maximum absolute atomic E-state index is 14.2. The number of nitrogens with two attached hydrogens (primary N) is 1. The van der Waals surface area contributed by atoms with E-state index < -0.39 is 24.0 Å². The van der Waals surface area contributed by atoms with Crippen molar-refractivity contribution in [3.05, 3.63) is 12.4 Å². The van der Waals surface area contributed by atoms with Crippen molar-refractivity contribution in [2.75, 3.05) is 12.3 Å². The Morgan fingerprint density at radius 2 is 1.19 bits per heavy atom. The minimum absolute atomic E-state index is 0.106. The number of halogens is 1. The van der Waals surface area contributed by atoms with Crippen LogP contribution in [0.1, 0.15) is 219 Å². The van der Waals surface area contributed by atoms with Crippen molar-refractivity contribution < 1.29 is 28.2 Å². The Morgan fingerprint density at radius 1 is 0.754 bits per heavy atom. The monoisotopic (exact) mass is 798 g/mol. The number of anilines is 1. The molecule has 0 amide bonds. The zero-order valence-electron chi connectivity index (χ0n) is 35.7. The molecule has 1 aliphatic heterocycles. The second-order valence-corrected chi connectivity index (χ2v) is 16.4. The van der Waals surface area contributed by atoms with E-state index in [1.165, 1.54) is 152 Å². The van der Waals surface area contributed by atoms with Gasteiger partial charge in [0, 0.05) is 19.3 Å². The highest BCUT2D eigenvalue weighted by molar-refractivity contribution is 5.81. The lowest BCUT2D eigenvalue weighted by molar-refractivity contribution is -0.166. The molecule has 0 unspecified atom stereocenters. The summed E-state index contributed by atoms with van der Waals surface area (Å²) in [5.74, 6) is 1.78. The normalized spacial score (nSPS) is 17.9. The van der Waals surface area contributed by atoms with Gasteiger partial charge in [0.05, 0.1) is 6.33 Å². The van der Waals surface area contributed by atoms with Crippen LogP contribution < -0.4 is 5.73 Å². The Balaban J connectivity index is 1.41. The summed E-state index contributed by atoms with van der Waals surface area (Å²) in [7, 11) is 0. The third kappa shape index (κ3) is 18.5. The fourth-order valence-corrected chi connectivity index (χ4v) is 7.88. The second-order valence-electron chi connectivity index (χ2n) is 16.4. The molecule has 0 aliphatic carbocycles. The van der Waals surface area contributed by atoms with Crippen LogP contribution >= 0.6 is 0 Å². The number of unbranched alkanes of at least 4 members (excludes halogenated alkanes) is 26. The van der Waals surface area contributed by atoms with Crippen LogP contribution in [0.15, 0.2) is 6.33 Å². The van der Waals surface area contributed by atoms with Crippen molar-refractivity contribution >= 4 is 28.9 Å². The summed E-state index contributed by atoms with van der Waals surface area (Å²) in [5.41, 5.74) is 4.68. The quantitative estimate of drug-likeness (QED) is 0.0318. The van der Waals surface area contributed by atoms with Gasteiger partial charge in [-0.1, -0.05) is 187 Å². The van der Waals surface area contributed by atoms with E-state index in [1.54, 1.807) is 0 Å². The summed E-state index contributed by atoms with van der Waals surface area (Å²) in [5, 5.41) is 0. The zero-order chi connectivity index (χ0) is 41.0. The summed E-state index contributed by atoms with van der Waals surface area (Å²) in [4.78, 5) is 37.7. The van der Waals surface area contributed by atoms with Crippen LogP contribution in [0.5, 0.6) is 0 Å². The zero-order valence-corrected chi connectivity index (χ0v) is 35.7. The molecule has 2 aromatic heterocycles. The van der Waals surface area contributed by atoms with Gasteiger partial charge in [-0.2, -0.15) is 14.4 Å². The lowest BCUT2D eigenvalue weighted by Crippen LogP contribution is -2.45. The number of imidazole rings is 1. The standard InChI is InChI=1S/C46H76FN5O5/c1-4-7-9-11-13-15-17-19-21-23-25-27-29-31-33-40(53)55-36-46(6-3)38(35-39(57-46)52-37-49-42-43(48)50-45(47)51-44(42)52)56-41(54)34-32-30-28-26-24-22-20-18-16-14-12-10-8-5-2/h3,37-39H,4-5,7-36H2,1-2H3,(H2,48,50,51)/t38-,39+,46+/m0/s1. The molecule has 1 aliphatic rings. The molecule has 3 heterocycles. The topological polar surface area (TPSA) is 131 Å². The summed E-state index contributed by atoms with van der Waals surface area (Å²) in [6, 6.07) is 0. The van der Waals surface area contributed by atoms with Gasteiger partial charge in [-0.25, -0.2) is 4.98 Å². The highest BCUT2D eigenvalue weighted by atomic mass is 19.1.